The van der Waals surface area contributed by atoms with Gasteiger partial charge in [0.25, 0.3) is 5.91 Å². The van der Waals surface area contributed by atoms with Crippen molar-refractivity contribution in [3.8, 4) is 18.1 Å². The lowest BCUT2D eigenvalue weighted by Gasteiger charge is -2.19. The van der Waals surface area contributed by atoms with Gasteiger partial charge in [0, 0.05) is 5.56 Å². The molecule has 0 spiro atoms. The molecule has 0 saturated carbocycles. The summed E-state index contributed by atoms with van der Waals surface area (Å²) in [5.74, 6) is 3.03. The van der Waals surface area contributed by atoms with Gasteiger partial charge in [0.2, 0.25) is 0 Å². The quantitative estimate of drug-likeness (QED) is 0.784. The van der Waals surface area contributed by atoms with Crippen molar-refractivity contribution in [2.45, 2.75) is 19.4 Å². The van der Waals surface area contributed by atoms with Crippen LogP contribution in [0.4, 0.5) is 0 Å². The third-order valence-corrected chi connectivity index (χ3v) is 2.14. The van der Waals surface area contributed by atoms with E-state index >= 15 is 0 Å². The van der Waals surface area contributed by atoms with E-state index in [0.29, 0.717) is 11.3 Å². The molecule has 3 nitrogen and oxygen atoms in total. The Kier molecular flexibility index (Phi) is 3.57. The van der Waals surface area contributed by atoms with Crippen LogP contribution in [0.2, 0.25) is 0 Å². The Bertz CT molecular complexity index is 413. The molecule has 0 saturated heterocycles. The lowest BCUT2D eigenvalue weighted by Crippen LogP contribution is -2.42. The molecule has 0 radical (unpaired) electrons. The molecule has 16 heavy (non-hydrogen) atoms. The molecule has 1 N–H and O–H groups in total. The van der Waals surface area contributed by atoms with Gasteiger partial charge in [-0.05, 0) is 38.1 Å². The van der Waals surface area contributed by atoms with Gasteiger partial charge in [0.05, 0.1) is 12.6 Å². The van der Waals surface area contributed by atoms with Gasteiger partial charge in [-0.2, -0.15) is 0 Å². The van der Waals surface area contributed by atoms with E-state index in [4.69, 9.17) is 11.2 Å². The van der Waals surface area contributed by atoms with E-state index in [2.05, 4.69) is 11.2 Å². The summed E-state index contributed by atoms with van der Waals surface area (Å²) in [4.78, 5) is 11.8. The van der Waals surface area contributed by atoms with E-state index in [1.165, 1.54) is 0 Å². The highest BCUT2D eigenvalue weighted by atomic mass is 16.5. The number of carbonyl (C=O) groups excluding carboxylic acids is 1. The number of methoxy groups -OCH3 is 1. The molecular weight excluding hydrogens is 202 g/mol. The molecule has 3 heteroatoms. The average Bonchev–Trinajstić information content (AvgIpc) is 2.28. The van der Waals surface area contributed by atoms with Crippen molar-refractivity contribution in [2.24, 2.45) is 0 Å². The fraction of sp³-hybridized carbons (Fsp3) is 0.308. The van der Waals surface area contributed by atoms with Crippen LogP contribution >= 0.6 is 0 Å². The minimum atomic E-state index is -0.642. The zero-order valence-corrected chi connectivity index (χ0v) is 9.70. The van der Waals surface area contributed by atoms with E-state index in [1.54, 1.807) is 45.2 Å². The topological polar surface area (TPSA) is 38.3 Å². The SMILES string of the molecule is C#CC(C)(C)NC(=O)c1ccc(OC)cc1. The van der Waals surface area contributed by atoms with Crippen LogP contribution in [0.3, 0.4) is 0 Å². The Morgan fingerprint density at radius 1 is 1.38 bits per heavy atom. The lowest BCUT2D eigenvalue weighted by molar-refractivity contribution is 0.0930. The van der Waals surface area contributed by atoms with Crippen LogP contribution in [-0.2, 0) is 0 Å². The first-order chi connectivity index (χ1) is 7.48. The first-order valence-corrected chi connectivity index (χ1v) is 4.93. The molecule has 1 aromatic rings. The maximum absolute atomic E-state index is 11.8. The van der Waals surface area contributed by atoms with Crippen LogP contribution < -0.4 is 10.1 Å². The summed E-state index contributed by atoms with van der Waals surface area (Å²) in [6, 6.07) is 6.86. The number of nitrogens with one attached hydrogen (secondary N) is 1. The number of benzene rings is 1. The molecule has 1 aromatic carbocycles. The summed E-state index contributed by atoms with van der Waals surface area (Å²) in [7, 11) is 1.58. The molecule has 1 rings (SSSR count). The van der Waals surface area contributed by atoms with Gasteiger partial charge in [0.1, 0.15) is 5.75 Å². The molecule has 0 heterocycles. The van der Waals surface area contributed by atoms with Crippen LogP contribution in [0.1, 0.15) is 24.2 Å². The van der Waals surface area contributed by atoms with Crippen LogP contribution in [0, 0.1) is 12.3 Å². The molecule has 0 aliphatic carbocycles. The minimum absolute atomic E-state index is 0.189. The number of amides is 1. The van der Waals surface area contributed by atoms with Crippen molar-refractivity contribution in [1.82, 2.24) is 5.32 Å². The first kappa shape index (κ1) is 12.1. The van der Waals surface area contributed by atoms with Gasteiger partial charge < -0.3 is 10.1 Å². The van der Waals surface area contributed by atoms with E-state index < -0.39 is 5.54 Å². The summed E-state index contributed by atoms with van der Waals surface area (Å²) in [6.45, 7) is 3.54. The van der Waals surface area contributed by atoms with E-state index in [9.17, 15) is 4.79 Å². The number of ether oxygens (including phenoxy) is 1. The third kappa shape index (κ3) is 3.03. The first-order valence-electron chi connectivity index (χ1n) is 4.93. The van der Waals surface area contributed by atoms with E-state index in [1.807, 2.05) is 0 Å². The van der Waals surface area contributed by atoms with Crippen LogP contribution in [0.5, 0.6) is 5.75 Å². The number of terminal acetylenes is 1. The summed E-state index contributed by atoms with van der Waals surface area (Å²) in [6.07, 6.45) is 5.29. The third-order valence-electron chi connectivity index (χ3n) is 2.14. The van der Waals surface area contributed by atoms with E-state index in [0.717, 1.165) is 0 Å². The highest BCUT2D eigenvalue weighted by Crippen LogP contribution is 2.12. The molecule has 0 aliphatic heterocycles. The van der Waals surface area contributed by atoms with Crippen molar-refractivity contribution >= 4 is 5.91 Å². The second-order valence-electron chi connectivity index (χ2n) is 3.95. The maximum atomic E-state index is 11.8. The van der Waals surface area contributed by atoms with Gasteiger partial charge >= 0.3 is 0 Å². The summed E-state index contributed by atoms with van der Waals surface area (Å²) in [5, 5.41) is 2.74. The van der Waals surface area contributed by atoms with Crippen LogP contribution in [0.25, 0.3) is 0 Å². The molecule has 0 bridgehead atoms. The summed E-state index contributed by atoms with van der Waals surface area (Å²) in [5.41, 5.74) is -0.0825. The van der Waals surface area contributed by atoms with Crippen molar-refractivity contribution in [1.29, 1.82) is 0 Å². The Morgan fingerprint density at radius 3 is 2.38 bits per heavy atom. The number of hydrogen-bond acceptors (Lipinski definition) is 2. The lowest BCUT2D eigenvalue weighted by atomic mass is 10.1. The minimum Gasteiger partial charge on any atom is -0.497 e. The number of carbonyl (C=O) groups is 1. The van der Waals surface area contributed by atoms with Gasteiger partial charge in [-0.3, -0.25) is 4.79 Å². The second-order valence-corrected chi connectivity index (χ2v) is 3.95. The molecule has 0 aromatic heterocycles. The van der Waals surface area contributed by atoms with Gasteiger partial charge in [-0.25, -0.2) is 0 Å². The monoisotopic (exact) mass is 217 g/mol. The number of hydrogen-bond donors (Lipinski definition) is 1. The average molecular weight is 217 g/mol. The van der Waals surface area contributed by atoms with Gasteiger partial charge in [0.15, 0.2) is 0 Å². The van der Waals surface area contributed by atoms with Gasteiger partial charge in [-0.15, -0.1) is 6.42 Å². The number of rotatable bonds is 3. The van der Waals surface area contributed by atoms with Crippen molar-refractivity contribution in [2.75, 3.05) is 7.11 Å². The molecule has 0 aliphatic rings. The predicted molar refractivity (Wildman–Crippen MR) is 63.4 cm³/mol. The van der Waals surface area contributed by atoms with E-state index in [-0.39, 0.29) is 5.91 Å². The fourth-order valence-electron chi connectivity index (χ4n) is 1.13. The molecule has 0 fully saturated rings. The normalized spacial score (nSPS) is 10.4. The van der Waals surface area contributed by atoms with Crippen LogP contribution in [0.15, 0.2) is 24.3 Å². The summed E-state index contributed by atoms with van der Waals surface area (Å²) >= 11 is 0. The van der Waals surface area contributed by atoms with Crippen molar-refractivity contribution in [3.63, 3.8) is 0 Å². The van der Waals surface area contributed by atoms with Crippen molar-refractivity contribution in [3.05, 3.63) is 29.8 Å². The highest BCUT2D eigenvalue weighted by Gasteiger charge is 2.17. The van der Waals surface area contributed by atoms with Crippen LogP contribution in [-0.4, -0.2) is 18.6 Å². The smallest absolute Gasteiger partial charge is 0.252 e. The highest BCUT2D eigenvalue weighted by molar-refractivity contribution is 5.95. The molecule has 0 atom stereocenters. The fourth-order valence-corrected chi connectivity index (χ4v) is 1.13. The summed E-state index contributed by atoms with van der Waals surface area (Å²) < 4.78 is 5.01. The molecule has 1 amide bonds. The van der Waals surface area contributed by atoms with Crippen molar-refractivity contribution < 1.29 is 9.53 Å². The Hall–Kier alpha value is -1.95. The second kappa shape index (κ2) is 4.71. The Labute approximate surface area is 95.8 Å². The zero-order valence-electron chi connectivity index (χ0n) is 9.70. The maximum Gasteiger partial charge on any atom is 0.252 e. The zero-order chi connectivity index (χ0) is 12.2. The predicted octanol–water partition coefficient (Wildman–Crippen LogP) is 1.84. The molecular formula is C13H15NO2. The molecule has 0 unspecified atom stereocenters. The Balaban J connectivity index is 2.78. The van der Waals surface area contributed by atoms with Gasteiger partial charge in [-0.1, -0.05) is 5.92 Å². The standard InChI is InChI=1S/C13H15NO2/c1-5-13(2,3)14-12(15)10-6-8-11(16-4)9-7-10/h1,6-9H,2-4H3,(H,14,15). The Morgan fingerprint density at radius 2 is 1.94 bits per heavy atom. The molecule has 84 valence electrons. The largest absolute Gasteiger partial charge is 0.497 e.